The zero-order valence-corrected chi connectivity index (χ0v) is 41.9. The van der Waals surface area contributed by atoms with E-state index in [1.165, 1.54) is 26.0 Å². The third kappa shape index (κ3) is 7.85. The van der Waals surface area contributed by atoms with Gasteiger partial charge in [-0.05, 0) is 117 Å². The molecule has 17 heteroatoms. The molecule has 9 rings (SSSR count). The van der Waals surface area contributed by atoms with Gasteiger partial charge in [0.15, 0.2) is 11.4 Å². The molecule has 14 atom stereocenters. The molecule has 5 aliphatic carbocycles. The average molecular weight is 1080 g/mol. The molecule has 4 saturated carbocycles. The molecule has 372 valence electrons. The van der Waals surface area contributed by atoms with Gasteiger partial charge in [0, 0.05) is 40.6 Å². The van der Waals surface area contributed by atoms with Crippen LogP contribution in [0.2, 0.25) is 0 Å². The molecule has 0 bridgehead atoms. The van der Waals surface area contributed by atoms with Crippen LogP contribution in [0.5, 0.6) is 0 Å². The normalized spacial score (nSPS) is 34.2. The predicted octanol–water partition coefficient (Wildman–Crippen LogP) is 5.66. The minimum Gasteiger partial charge on any atom is -0.459 e. The number of Topliss-reactive ketones (excluding diaryl/α,β-unsaturated/α-hetero) is 1. The monoisotopic (exact) mass is 1080 g/mol. The fourth-order valence-corrected chi connectivity index (χ4v) is 13.2. The Balaban J connectivity index is 1.08. The van der Waals surface area contributed by atoms with E-state index < -0.39 is 124 Å². The van der Waals surface area contributed by atoms with Gasteiger partial charge in [0.2, 0.25) is 6.10 Å². The highest BCUT2D eigenvalue weighted by molar-refractivity contribution is 14.1. The van der Waals surface area contributed by atoms with Crippen LogP contribution in [0.3, 0.4) is 0 Å². The fourth-order valence-electron chi connectivity index (χ4n) is 12.8. The predicted molar refractivity (Wildman–Crippen MR) is 255 cm³/mol. The number of benzene rings is 3. The highest BCUT2D eigenvalue weighted by Crippen LogP contribution is 2.84. The lowest BCUT2D eigenvalue weighted by molar-refractivity contribution is -0.398. The number of carbonyl (C=O) groups excluding carboxylic acids is 6. The largest absolute Gasteiger partial charge is 0.459 e. The maximum Gasteiger partial charge on any atom is 0.408 e. The summed E-state index contributed by atoms with van der Waals surface area (Å²) in [5.41, 5.74) is -6.07. The molecule has 0 aromatic heterocycles. The first kappa shape index (κ1) is 49.8. The van der Waals surface area contributed by atoms with Crippen molar-refractivity contribution in [2.45, 2.75) is 133 Å². The SMILES string of the molecule is CC(=O)O[C@@]12CO[C@@H]1C[C@H](O)[C@@]1(C)C(=O)[C@H](O)C3=C(C)C4[C@@H](OC(=O)[C@H](OC(=O)CCCc5ccc(I)cc5)[C@@H](NC(=O)OC(C)(C)C)c5ccccc5)C5C[C@@](O)([C@@H](OC(=O)c6ccccc6)[C@H]21)C354. The molecule has 4 N–H and O–H groups in total. The van der Waals surface area contributed by atoms with E-state index in [1.807, 2.05) is 24.3 Å². The van der Waals surface area contributed by atoms with E-state index in [0.717, 1.165) is 9.13 Å². The van der Waals surface area contributed by atoms with Gasteiger partial charge in [-0.15, -0.1) is 0 Å². The number of ketones is 1. The molecule has 1 spiro atoms. The molecule has 3 aromatic rings. The van der Waals surface area contributed by atoms with Crippen LogP contribution in [0.25, 0.3) is 0 Å². The molecular weight excluding hydrogens is 1020 g/mol. The van der Waals surface area contributed by atoms with E-state index >= 15 is 4.79 Å². The van der Waals surface area contributed by atoms with Crippen molar-refractivity contribution in [3.05, 3.63) is 116 Å². The lowest BCUT2D eigenvalue weighted by Gasteiger charge is -2.83. The van der Waals surface area contributed by atoms with E-state index in [1.54, 1.807) is 76.2 Å². The van der Waals surface area contributed by atoms with Crippen molar-refractivity contribution >= 4 is 58.3 Å². The summed E-state index contributed by atoms with van der Waals surface area (Å²) in [6, 6.07) is 23.0. The van der Waals surface area contributed by atoms with Gasteiger partial charge in [-0.3, -0.25) is 14.4 Å². The maximum absolute atomic E-state index is 15.1. The summed E-state index contributed by atoms with van der Waals surface area (Å²) in [6.45, 7) is 9.05. The van der Waals surface area contributed by atoms with Crippen molar-refractivity contribution in [1.29, 1.82) is 0 Å². The number of fused-ring (bicyclic) bond motifs is 3. The standard InChI is InChI=1S/C53H58INO15/c1-27-37-40(59)44(60)50(6)34(57)24-35-51(26-65-35,69-28(2)56)43(50)45(68-46(61)31-17-11-8-12-18-31)52(64)25-33-41(38(27)53(33,37)52)67-47(62)42(66-36(58)19-13-14-29-20-22-32(54)23-21-29)39(30-15-9-7-10-16-30)55-48(63)70-49(3,4)5/h7-12,15-18,20-23,33-35,38-43,45,57,59,64H,13-14,19,24-26H2,1-6H3,(H,55,63)/t33?,34-,35+,38?,39-,40+,41-,42+,43-,45-,50+,51-,52+,53?/m0/s1. The Morgan fingerprint density at radius 1 is 0.943 bits per heavy atom. The van der Waals surface area contributed by atoms with Gasteiger partial charge in [0.05, 0.1) is 29.6 Å². The molecule has 1 aliphatic heterocycles. The first-order chi connectivity index (χ1) is 33.1. The number of halogens is 1. The zero-order chi connectivity index (χ0) is 50.3. The van der Waals surface area contributed by atoms with E-state index in [9.17, 15) is 39.3 Å². The summed E-state index contributed by atoms with van der Waals surface area (Å²) < 4.78 is 37.4. The summed E-state index contributed by atoms with van der Waals surface area (Å²) in [6.07, 6.45) is -9.19. The van der Waals surface area contributed by atoms with Crippen LogP contribution in [0, 0.1) is 32.2 Å². The third-order valence-electron chi connectivity index (χ3n) is 15.8. The smallest absolute Gasteiger partial charge is 0.408 e. The Bertz CT molecular complexity index is 2620. The number of alkyl carbamates (subject to hydrolysis) is 1. The second kappa shape index (κ2) is 18.1. The molecule has 5 fully saturated rings. The molecule has 1 saturated heterocycles. The number of ether oxygens (including phenoxy) is 6. The van der Waals surface area contributed by atoms with Gasteiger partial charge in [-0.25, -0.2) is 14.4 Å². The summed E-state index contributed by atoms with van der Waals surface area (Å²) in [5.74, 6) is -7.28. The van der Waals surface area contributed by atoms with Crippen LogP contribution in [0.15, 0.2) is 96.1 Å². The Morgan fingerprint density at radius 3 is 2.21 bits per heavy atom. The van der Waals surface area contributed by atoms with Crippen molar-refractivity contribution < 1.29 is 72.5 Å². The number of hydrogen-bond donors (Lipinski definition) is 4. The Labute approximate surface area is 418 Å². The summed E-state index contributed by atoms with van der Waals surface area (Å²) in [7, 11) is 0. The fraction of sp³-hybridized carbons (Fsp3) is 0.509. The summed E-state index contributed by atoms with van der Waals surface area (Å²) in [4.78, 5) is 84.5. The van der Waals surface area contributed by atoms with Gasteiger partial charge >= 0.3 is 30.0 Å². The number of esters is 4. The Morgan fingerprint density at radius 2 is 1.60 bits per heavy atom. The molecule has 3 aromatic carbocycles. The number of aliphatic hydroxyl groups is 3. The minimum absolute atomic E-state index is 0.0791. The van der Waals surface area contributed by atoms with Gasteiger partial charge < -0.3 is 49.1 Å². The first-order valence-electron chi connectivity index (χ1n) is 23.7. The molecule has 1 heterocycles. The number of hydrogen-bond acceptors (Lipinski definition) is 15. The van der Waals surface area contributed by atoms with Crippen molar-refractivity contribution in [1.82, 2.24) is 5.32 Å². The number of aryl methyl sites for hydroxylation is 1. The highest BCUT2D eigenvalue weighted by Gasteiger charge is 2.91. The molecule has 6 aliphatic rings. The molecule has 3 unspecified atom stereocenters. The zero-order valence-electron chi connectivity index (χ0n) is 39.7. The quantitative estimate of drug-likeness (QED) is 0.0701. The van der Waals surface area contributed by atoms with Gasteiger partial charge in [0.1, 0.15) is 41.7 Å². The van der Waals surface area contributed by atoms with E-state index in [4.69, 9.17) is 28.4 Å². The molecular formula is C53H58INO15. The van der Waals surface area contributed by atoms with E-state index in [-0.39, 0.29) is 37.0 Å². The minimum atomic E-state index is -2.10. The number of carbonyl (C=O) groups is 6. The number of rotatable bonds is 13. The average Bonchev–Trinajstić information content (AvgIpc) is 3.30. The maximum atomic E-state index is 15.1. The van der Waals surface area contributed by atoms with E-state index in [2.05, 4.69) is 27.9 Å². The van der Waals surface area contributed by atoms with Crippen molar-refractivity contribution in [3.8, 4) is 0 Å². The first-order valence-corrected chi connectivity index (χ1v) is 24.8. The second-order valence-corrected chi connectivity index (χ2v) is 22.1. The van der Waals surface area contributed by atoms with Crippen LogP contribution in [0.4, 0.5) is 4.79 Å². The number of aliphatic hydroxyl groups excluding tert-OH is 2. The molecule has 0 radical (unpaired) electrons. The molecule has 1 amide bonds. The second-order valence-electron chi connectivity index (χ2n) is 20.8. The van der Waals surface area contributed by atoms with Crippen LogP contribution in [-0.2, 0) is 54.0 Å². The van der Waals surface area contributed by atoms with Gasteiger partial charge in [-0.1, -0.05) is 66.2 Å². The Kier molecular flexibility index (Phi) is 12.9. The molecule has 70 heavy (non-hydrogen) atoms. The van der Waals surface area contributed by atoms with Crippen molar-refractivity contribution in [3.63, 3.8) is 0 Å². The van der Waals surface area contributed by atoms with Gasteiger partial charge in [0.25, 0.3) is 0 Å². The number of amides is 1. The summed E-state index contributed by atoms with van der Waals surface area (Å²) >= 11 is 2.21. The lowest BCUT2D eigenvalue weighted by atomic mass is 9.22. The van der Waals surface area contributed by atoms with Crippen LogP contribution < -0.4 is 5.32 Å². The molecule has 16 nitrogen and oxygen atoms in total. The van der Waals surface area contributed by atoms with Crippen molar-refractivity contribution in [2.24, 2.45) is 28.6 Å². The van der Waals surface area contributed by atoms with Crippen LogP contribution >= 0.6 is 22.6 Å². The van der Waals surface area contributed by atoms with Crippen LogP contribution in [-0.4, -0.2) is 111 Å². The Hall–Kier alpha value is -5.21. The number of nitrogens with one attached hydrogen (secondary N) is 1. The van der Waals surface area contributed by atoms with Gasteiger partial charge in [-0.2, -0.15) is 0 Å². The lowest BCUT2D eigenvalue weighted by Crippen LogP contribution is -2.92. The van der Waals surface area contributed by atoms with Crippen molar-refractivity contribution in [2.75, 3.05) is 6.61 Å². The highest BCUT2D eigenvalue weighted by atomic mass is 127. The third-order valence-corrected chi connectivity index (χ3v) is 16.5. The topological polar surface area (TPSA) is 231 Å². The van der Waals surface area contributed by atoms with E-state index in [0.29, 0.717) is 24.0 Å². The van der Waals surface area contributed by atoms with Crippen LogP contribution in [0.1, 0.15) is 94.8 Å². The summed E-state index contributed by atoms with van der Waals surface area (Å²) in [5, 5.41) is 40.5.